The third-order valence-corrected chi connectivity index (χ3v) is 5.22. The van der Waals surface area contributed by atoms with Crippen LogP contribution in [0, 0.1) is 0 Å². The maximum atomic E-state index is 12.6. The number of anilines is 1. The number of nitrogens with one attached hydrogen (secondary N) is 1. The number of hydrogen-bond acceptors (Lipinski definition) is 5. The number of fused-ring (bicyclic) bond motifs is 1. The lowest BCUT2D eigenvalue weighted by Crippen LogP contribution is -2.25. The minimum absolute atomic E-state index is 0.108. The van der Waals surface area contributed by atoms with Crippen molar-refractivity contribution in [3.8, 4) is 22.9 Å². The molecule has 7 nitrogen and oxygen atoms in total. The zero-order valence-corrected chi connectivity index (χ0v) is 17.0. The van der Waals surface area contributed by atoms with Gasteiger partial charge in [-0.15, -0.1) is 0 Å². The lowest BCUT2D eigenvalue weighted by atomic mass is 9.86. The molecule has 0 spiro atoms. The van der Waals surface area contributed by atoms with E-state index in [-0.39, 0.29) is 18.2 Å². The van der Waals surface area contributed by atoms with Gasteiger partial charge in [0.15, 0.2) is 11.5 Å². The van der Waals surface area contributed by atoms with E-state index in [2.05, 4.69) is 10.4 Å². The molecule has 29 heavy (non-hydrogen) atoms. The standard InChI is InChI=1S/C21H20ClN3O4/c1-27-17-10-19(29-3)18(28-2)8-15(17)14-9-20(26)24-21-16(14)11-23-25(21)13-6-4-5-12(22)7-13/h4-8,10-11,14H,9H2,1-3H3,(H,24,26)/t14-/m1/s1. The van der Waals surface area contributed by atoms with Crippen molar-refractivity contribution in [3.63, 3.8) is 0 Å². The minimum Gasteiger partial charge on any atom is -0.496 e. The van der Waals surface area contributed by atoms with Crippen molar-refractivity contribution in [1.29, 1.82) is 0 Å². The van der Waals surface area contributed by atoms with E-state index in [4.69, 9.17) is 25.8 Å². The Kier molecular flexibility index (Phi) is 5.07. The molecule has 0 saturated carbocycles. The van der Waals surface area contributed by atoms with E-state index in [1.807, 2.05) is 18.2 Å². The summed E-state index contributed by atoms with van der Waals surface area (Å²) in [5.74, 6) is 2.00. The number of aromatic nitrogens is 2. The van der Waals surface area contributed by atoms with Gasteiger partial charge in [-0.1, -0.05) is 17.7 Å². The van der Waals surface area contributed by atoms with Crippen LogP contribution < -0.4 is 19.5 Å². The summed E-state index contributed by atoms with van der Waals surface area (Å²) < 4.78 is 18.1. The molecule has 0 saturated heterocycles. The zero-order chi connectivity index (χ0) is 20.5. The van der Waals surface area contributed by atoms with Gasteiger partial charge in [0, 0.05) is 34.6 Å². The number of amides is 1. The predicted octanol–water partition coefficient (Wildman–Crippen LogP) is 4.03. The van der Waals surface area contributed by atoms with Crippen molar-refractivity contribution in [1.82, 2.24) is 9.78 Å². The van der Waals surface area contributed by atoms with E-state index in [1.165, 1.54) is 0 Å². The summed E-state index contributed by atoms with van der Waals surface area (Å²) in [6.45, 7) is 0. The maximum Gasteiger partial charge on any atom is 0.226 e. The molecule has 2 heterocycles. The number of hydrogen-bond donors (Lipinski definition) is 1. The van der Waals surface area contributed by atoms with Crippen LogP contribution in [-0.2, 0) is 4.79 Å². The Hall–Kier alpha value is -3.19. The predicted molar refractivity (Wildman–Crippen MR) is 110 cm³/mol. The Bertz CT molecular complexity index is 1080. The molecule has 1 N–H and O–H groups in total. The normalized spacial score (nSPS) is 15.4. The number of halogens is 1. The Morgan fingerprint density at radius 3 is 2.45 bits per heavy atom. The molecule has 1 aliphatic rings. The van der Waals surface area contributed by atoms with Crippen molar-refractivity contribution in [3.05, 3.63) is 58.7 Å². The number of carbonyl (C=O) groups excluding carboxylic acids is 1. The SMILES string of the molecule is COc1cc(OC)c([C@H]2CC(=O)Nc3c2cnn3-c2cccc(Cl)c2)cc1OC. The van der Waals surface area contributed by atoms with Gasteiger partial charge >= 0.3 is 0 Å². The van der Waals surface area contributed by atoms with Crippen LogP contribution in [0.1, 0.15) is 23.5 Å². The first-order valence-corrected chi connectivity index (χ1v) is 9.37. The fourth-order valence-corrected chi connectivity index (χ4v) is 3.81. The van der Waals surface area contributed by atoms with E-state index in [9.17, 15) is 4.79 Å². The average molecular weight is 414 g/mol. The monoisotopic (exact) mass is 413 g/mol. The smallest absolute Gasteiger partial charge is 0.226 e. The lowest BCUT2D eigenvalue weighted by Gasteiger charge is -2.26. The van der Waals surface area contributed by atoms with Crippen LogP contribution in [0.2, 0.25) is 5.02 Å². The lowest BCUT2D eigenvalue weighted by molar-refractivity contribution is -0.116. The highest BCUT2D eigenvalue weighted by Gasteiger charge is 2.33. The van der Waals surface area contributed by atoms with Crippen molar-refractivity contribution in [2.45, 2.75) is 12.3 Å². The van der Waals surface area contributed by atoms with Gasteiger partial charge in [0.2, 0.25) is 5.91 Å². The number of benzene rings is 2. The van der Waals surface area contributed by atoms with Crippen molar-refractivity contribution >= 4 is 23.3 Å². The number of rotatable bonds is 5. The largest absolute Gasteiger partial charge is 0.496 e. The summed E-state index contributed by atoms with van der Waals surface area (Å²) in [7, 11) is 4.73. The molecular formula is C21H20ClN3O4. The second kappa shape index (κ2) is 7.67. The topological polar surface area (TPSA) is 74.6 Å². The second-order valence-electron chi connectivity index (χ2n) is 6.59. The van der Waals surface area contributed by atoms with Crippen LogP contribution in [-0.4, -0.2) is 37.0 Å². The Balaban J connectivity index is 1.86. The van der Waals surface area contributed by atoms with E-state index >= 15 is 0 Å². The molecule has 1 aromatic heterocycles. The molecule has 3 aromatic rings. The van der Waals surface area contributed by atoms with Crippen LogP contribution in [0.4, 0.5) is 5.82 Å². The summed E-state index contributed by atoms with van der Waals surface area (Å²) in [5, 5.41) is 8.02. The Morgan fingerprint density at radius 1 is 1.03 bits per heavy atom. The molecule has 1 aliphatic heterocycles. The van der Waals surface area contributed by atoms with E-state index < -0.39 is 0 Å². The average Bonchev–Trinajstić information content (AvgIpc) is 3.15. The van der Waals surface area contributed by atoms with Gasteiger partial charge in [0.1, 0.15) is 11.6 Å². The van der Waals surface area contributed by atoms with Gasteiger partial charge in [-0.05, 0) is 24.3 Å². The summed E-state index contributed by atoms with van der Waals surface area (Å²) in [6.07, 6.45) is 2.02. The van der Waals surface area contributed by atoms with Gasteiger partial charge in [-0.25, -0.2) is 4.68 Å². The molecule has 150 valence electrons. The molecule has 0 radical (unpaired) electrons. The molecular weight excluding hydrogens is 394 g/mol. The summed E-state index contributed by atoms with van der Waals surface area (Å²) in [5.41, 5.74) is 2.47. The van der Waals surface area contributed by atoms with E-state index in [0.29, 0.717) is 28.1 Å². The summed E-state index contributed by atoms with van der Waals surface area (Å²) >= 11 is 6.13. The molecule has 1 atom stereocenters. The summed E-state index contributed by atoms with van der Waals surface area (Å²) in [6, 6.07) is 10.9. The van der Waals surface area contributed by atoms with Crippen LogP contribution in [0.15, 0.2) is 42.6 Å². The third kappa shape index (κ3) is 3.38. The zero-order valence-electron chi connectivity index (χ0n) is 16.2. The first-order valence-electron chi connectivity index (χ1n) is 8.99. The molecule has 0 fully saturated rings. The van der Waals surface area contributed by atoms with Crippen molar-refractivity contribution < 1.29 is 19.0 Å². The van der Waals surface area contributed by atoms with Crippen molar-refractivity contribution in [2.24, 2.45) is 0 Å². The molecule has 2 aromatic carbocycles. The molecule has 8 heteroatoms. The van der Waals surface area contributed by atoms with E-state index in [1.54, 1.807) is 50.4 Å². The van der Waals surface area contributed by atoms with Crippen LogP contribution in [0.25, 0.3) is 5.69 Å². The number of ether oxygens (including phenoxy) is 3. The van der Waals surface area contributed by atoms with E-state index in [0.717, 1.165) is 16.8 Å². The molecule has 0 bridgehead atoms. The Labute approximate surface area is 173 Å². The quantitative estimate of drug-likeness (QED) is 0.683. The molecule has 0 unspecified atom stereocenters. The Morgan fingerprint density at radius 2 is 1.76 bits per heavy atom. The third-order valence-electron chi connectivity index (χ3n) is 4.98. The second-order valence-corrected chi connectivity index (χ2v) is 7.03. The fraction of sp³-hybridized carbons (Fsp3) is 0.238. The number of nitrogens with zero attached hydrogens (tertiary/aromatic N) is 2. The molecule has 4 rings (SSSR count). The molecule has 0 aliphatic carbocycles. The number of carbonyl (C=O) groups is 1. The van der Waals surface area contributed by atoms with Gasteiger partial charge in [-0.2, -0.15) is 5.10 Å². The van der Waals surface area contributed by atoms with Gasteiger partial charge in [0.05, 0.1) is 33.2 Å². The number of methoxy groups -OCH3 is 3. The van der Waals surface area contributed by atoms with Crippen molar-refractivity contribution in [2.75, 3.05) is 26.6 Å². The first-order chi connectivity index (χ1) is 14.0. The van der Waals surface area contributed by atoms with Gasteiger partial charge in [0.25, 0.3) is 0 Å². The highest BCUT2D eigenvalue weighted by Crippen LogP contribution is 2.45. The first kappa shape index (κ1) is 19.1. The summed E-state index contributed by atoms with van der Waals surface area (Å²) in [4.78, 5) is 12.6. The molecule has 1 amide bonds. The van der Waals surface area contributed by atoms with Gasteiger partial charge < -0.3 is 19.5 Å². The minimum atomic E-state index is -0.249. The highest BCUT2D eigenvalue weighted by atomic mass is 35.5. The van der Waals surface area contributed by atoms with Gasteiger partial charge in [-0.3, -0.25) is 4.79 Å². The van der Waals surface area contributed by atoms with Crippen LogP contribution in [0.3, 0.4) is 0 Å². The fourth-order valence-electron chi connectivity index (χ4n) is 3.63. The highest BCUT2D eigenvalue weighted by molar-refractivity contribution is 6.30. The van der Waals surface area contributed by atoms with Crippen LogP contribution in [0.5, 0.6) is 17.2 Å². The van der Waals surface area contributed by atoms with Crippen LogP contribution >= 0.6 is 11.6 Å². The maximum absolute atomic E-state index is 12.6.